The van der Waals surface area contributed by atoms with E-state index in [-0.39, 0.29) is 6.10 Å². The molecule has 1 aromatic rings. The Morgan fingerprint density at radius 2 is 2.18 bits per heavy atom. The number of benzene rings is 1. The van der Waals surface area contributed by atoms with Crippen LogP contribution >= 0.6 is 0 Å². The number of rotatable bonds is 7. The summed E-state index contributed by atoms with van der Waals surface area (Å²) >= 11 is 0. The van der Waals surface area contributed by atoms with Crippen molar-refractivity contribution >= 4 is 0 Å². The molecule has 1 aliphatic rings. The van der Waals surface area contributed by atoms with Gasteiger partial charge in [0.05, 0.1) is 13.2 Å². The van der Waals surface area contributed by atoms with Crippen LogP contribution in [0.3, 0.4) is 0 Å². The Morgan fingerprint density at radius 3 is 2.86 bits per heavy atom. The number of methoxy groups -OCH3 is 1. The van der Waals surface area contributed by atoms with Gasteiger partial charge in [0.1, 0.15) is 5.75 Å². The number of aliphatic hydroxyl groups excluding tert-OH is 1. The molecule has 2 heteroatoms. The molecule has 0 saturated heterocycles. The molecule has 120 valence electrons. The van der Waals surface area contributed by atoms with Crippen molar-refractivity contribution in [2.24, 2.45) is 0 Å². The average molecular weight is 300 g/mol. The quantitative estimate of drug-likeness (QED) is 0.718. The molecule has 0 spiro atoms. The maximum atomic E-state index is 9.91. The van der Waals surface area contributed by atoms with Crippen LogP contribution in [0.4, 0.5) is 0 Å². The summed E-state index contributed by atoms with van der Waals surface area (Å²) in [7, 11) is 1.71. The lowest BCUT2D eigenvalue weighted by Crippen LogP contribution is -2.04. The van der Waals surface area contributed by atoms with Gasteiger partial charge in [0.15, 0.2) is 0 Å². The van der Waals surface area contributed by atoms with E-state index < -0.39 is 0 Å². The highest BCUT2D eigenvalue weighted by Crippen LogP contribution is 2.29. The van der Waals surface area contributed by atoms with Crippen molar-refractivity contribution in [1.29, 1.82) is 0 Å². The van der Waals surface area contributed by atoms with Crippen LogP contribution in [0.2, 0.25) is 0 Å². The van der Waals surface area contributed by atoms with Gasteiger partial charge in [0, 0.05) is 0 Å². The highest BCUT2D eigenvalue weighted by molar-refractivity contribution is 5.30. The Morgan fingerprint density at radius 1 is 1.36 bits per heavy atom. The van der Waals surface area contributed by atoms with E-state index in [1.54, 1.807) is 7.11 Å². The third-order valence-electron chi connectivity index (χ3n) is 4.64. The molecular weight excluding hydrogens is 272 g/mol. The maximum absolute atomic E-state index is 9.91. The summed E-state index contributed by atoms with van der Waals surface area (Å²) in [6.45, 7) is 4.40. The summed E-state index contributed by atoms with van der Waals surface area (Å²) < 4.78 is 5.28. The summed E-state index contributed by atoms with van der Waals surface area (Å²) in [6, 6.07) is 8.30. The van der Waals surface area contributed by atoms with Crippen LogP contribution in [0.15, 0.2) is 47.6 Å². The topological polar surface area (TPSA) is 29.5 Å². The van der Waals surface area contributed by atoms with Crippen molar-refractivity contribution in [2.45, 2.75) is 58.0 Å². The second-order valence-corrected chi connectivity index (χ2v) is 6.28. The lowest BCUT2D eigenvalue weighted by molar-refractivity contribution is 0.208. The molecule has 0 heterocycles. The van der Waals surface area contributed by atoms with Gasteiger partial charge in [-0.1, -0.05) is 36.8 Å². The van der Waals surface area contributed by atoms with Gasteiger partial charge < -0.3 is 9.84 Å². The normalized spacial score (nSPS) is 19.9. The molecule has 2 nitrogen and oxygen atoms in total. The van der Waals surface area contributed by atoms with E-state index in [1.807, 2.05) is 12.1 Å². The molecule has 1 aromatic carbocycles. The van der Waals surface area contributed by atoms with E-state index in [1.165, 1.54) is 16.7 Å². The lowest BCUT2D eigenvalue weighted by Gasteiger charge is -2.11. The Kier molecular flexibility index (Phi) is 6.26. The lowest BCUT2D eigenvalue weighted by atomic mass is 9.97. The van der Waals surface area contributed by atoms with Crippen LogP contribution in [0.1, 0.15) is 57.4 Å². The molecular formula is C20H28O2. The van der Waals surface area contributed by atoms with E-state index in [4.69, 9.17) is 4.74 Å². The van der Waals surface area contributed by atoms with Crippen molar-refractivity contribution < 1.29 is 9.84 Å². The van der Waals surface area contributed by atoms with Crippen LogP contribution < -0.4 is 4.74 Å². The second kappa shape index (κ2) is 8.19. The Hall–Kier alpha value is -1.54. The van der Waals surface area contributed by atoms with Gasteiger partial charge in [-0.15, -0.1) is 0 Å². The van der Waals surface area contributed by atoms with Gasteiger partial charge in [-0.2, -0.15) is 0 Å². The first-order valence-electron chi connectivity index (χ1n) is 8.27. The number of hydrogen-bond donors (Lipinski definition) is 1. The van der Waals surface area contributed by atoms with Crippen LogP contribution in [0.25, 0.3) is 0 Å². The molecule has 1 N–H and O–H groups in total. The van der Waals surface area contributed by atoms with E-state index >= 15 is 0 Å². The highest BCUT2D eigenvalue weighted by atomic mass is 16.5. The molecule has 22 heavy (non-hydrogen) atoms. The molecule has 0 fully saturated rings. The molecule has 0 aromatic heterocycles. The highest BCUT2D eigenvalue weighted by Gasteiger charge is 2.19. The van der Waals surface area contributed by atoms with Gasteiger partial charge >= 0.3 is 0 Å². The monoisotopic (exact) mass is 300 g/mol. The van der Waals surface area contributed by atoms with E-state index in [2.05, 4.69) is 38.1 Å². The second-order valence-electron chi connectivity index (χ2n) is 6.28. The fourth-order valence-corrected chi connectivity index (χ4v) is 3.09. The Labute approximate surface area is 134 Å². The smallest absolute Gasteiger partial charge is 0.119 e. The van der Waals surface area contributed by atoms with Gasteiger partial charge in [-0.25, -0.2) is 0 Å². The predicted octanol–water partition coefficient (Wildman–Crippen LogP) is 5.00. The van der Waals surface area contributed by atoms with Gasteiger partial charge in [-0.3, -0.25) is 0 Å². The standard InChI is InChI=1S/C20H28O2/c1-15(17-9-7-10-18(14-17)22-3)8-5-4-6-11-19-16(2)12-13-20(19)21/h4-5,7,9-10,14-15,20-21H,6,8,11-13H2,1-3H3/t15-,20-/m0/s1. The van der Waals surface area contributed by atoms with E-state index in [9.17, 15) is 5.11 Å². The van der Waals surface area contributed by atoms with Crippen molar-refractivity contribution in [3.8, 4) is 5.75 Å². The molecule has 0 amide bonds. The van der Waals surface area contributed by atoms with Gasteiger partial charge in [0.2, 0.25) is 0 Å². The van der Waals surface area contributed by atoms with E-state index in [0.29, 0.717) is 5.92 Å². The fraction of sp³-hybridized carbons (Fsp3) is 0.500. The largest absolute Gasteiger partial charge is 0.497 e. The minimum Gasteiger partial charge on any atom is -0.497 e. The minimum atomic E-state index is -0.191. The Bertz CT molecular complexity index is 542. The summed E-state index contributed by atoms with van der Waals surface area (Å²) in [6.07, 6.45) is 9.36. The van der Waals surface area contributed by atoms with Crippen molar-refractivity contribution in [2.75, 3.05) is 7.11 Å². The van der Waals surface area contributed by atoms with Crippen molar-refractivity contribution in [1.82, 2.24) is 0 Å². The summed E-state index contributed by atoms with van der Waals surface area (Å²) in [4.78, 5) is 0. The Balaban J connectivity index is 1.78. The third kappa shape index (κ3) is 4.48. The molecule has 0 aliphatic heterocycles. The zero-order valence-electron chi connectivity index (χ0n) is 14.0. The average Bonchev–Trinajstić information content (AvgIpc) is 2.86. The number of hydrogen-bond acceptors (Lipinski definition) is 2. The summed E-state index contributed by atoms with van der Waals surface area (Å²) in [5, 5.41) is 9.91. The molecule has 0 radical (unpaired) electrons. The van der Waals surface area contributed by atoms with E-state index in [0.717, 1.165) is 37.9 Å². The maximum Gasteiger partial charge on any atom is 0.119 e. The minimum absolute atomic E-state index is 0.191. The number of ether oxygens (including phenoxy) is 1. The van der Waals surface area contributed by atoms with Crippen LogP contribution in [-0.2, 0) is 0 Å². The van der Waals surface area contributed by atoms with Crippen LogP contribution in [-0.4, -0.2) is 18.3 Å². The van der Waals surface area contributed by atoms with Gasteiger partial charge in [0.25, 0.3) is 0 Å². The molecule has 0 bridgehead atoms. The van der Waals surface area contributed by atoms with Crippen LogP contribution in [0.5, 0.6) is 5.75 Å². The number of allylic oxidation sites excluding steroid dienone is 3. The van der Waals surface area contributed by atoms with Crippen molar-refractivity contribution in [3.63, 3.8) is 0 Å². The first kappa shape index (κ1) is 16.8. The molecule has 1 aliphatic carbocycles. The zero-order chi connectivity index (χ0) is 15.9. The van der Waals surface area contributed by atoms with Gasteiger partial charge in [-0.05, 0) is 68.2 Å². The van der Waals surface area contributed by atoms with Crippen LogP contribution in [0, 0.1) is 0 Å². The number of aliphatic hydroxyl groups is 1. The predicted molar refractivity (Wildman–Crippen MR) is 92.3 cm³/mol. The zero-order valence-corrected chi connectivity index (χ0v) is 14.0. The third-order valence-corrected chi connectivity index (χ3v) is 4.64. The summed E-state index contributed by atoms with van der Waals surface area (Å²) in [5.74, 6) is 1.41. The molecule has 2 rings (SSSR count). The molecule has 0 saturated carbocycles. The molecule has 2 atom stereocenters. The van der Waals surface area contributed by atoms with Crippen molar-refractivity contribution in [3.05, 3.63) is 53.1 Å². The SMILES string of the molecule is COc1cccc([C@@H](C)CC=CCCC2=C(C)CC[C@@H]2O)c1. The first-order valence-corrected chi connectivity index (χ1v) is 8.27. The summed E-state index contributed by atoms with van der Waals surface area (Å²) in [5.41, 5.74) is 3.98. The fourth-order valence-electron chi connectivity index (χ4n) is 3.09. The first-order chi connectivity index (χ1) is 10.6. The molecule has 0 unspecified atom stereocenters.